The molecule has 0 atom stereocenters. The number of anilines is 4. The highest BCUT2D eigenvalue weighted by Gasteiger charge is 2.20. The lowest BCUT2D eigenvalue weighted by Gasteiger charge is -2.29. The molecule has 2 nitrogen and oxygen atoms in total. The minimum absolute atomic E-state index is 1.29. The molecule has 6 rings (SSSR count). The summed E-state index contributed by atoms with van der Waals surface area (Å²) >= 11 is 3.69. The Bertz CT molecular complexity index is 1020. The lowest BCUT2D eigenvalue weighted by Crippen LogP contribution is -2.14. The van der Waals surface area contributed by atoms with E-state index in [1.165, 1.54) is 42.3 Å². The first-order chi connectivity index (χ1) is 14.7. The SMILES string of the molecule is CN1c2ccccc2Sc2ccccc21.CN1c2ccccc2Sc2ccccc21. The van der Waals surface area contributed by atoms with Crippen LogP contribution in [0.4, 0.5) is 22.7 Å². The van der Waals surface area contributed by atoms with Crippen molar-refractivity contribution in [3.63, 3.8) is 0 Å². The Kier molecular flexibility index (Phi) is 5.19. The van der Waals surface area contributed by atoms with E-state index in [0.29, 0.717) is 0 Å². The second-order valence-corrected chi connectivity index (χ2v) is 9.36. The summed E-state index contributed by atoms with van der Waals surface area (Å²) < 4.78 is 0. The molecule has 0 fully saturated rings. The van der Waals surface area contributed by atoms with Crippen molar-refractivity contribution in [2.24, 2.45) is 0 Å². The first-order valence-electron chi connectivity index (χ1n) is 9.91. The molecule has 0 radical (unpaired) electrons. The van der Waals surface area contributed by atoms with Crippen LogP contribution in [0.15, 0.2) is 117 Å². The van der Waals surface area contributed by atoms with E-state index in [-0.39, 0.29) is 0 Å². The summed E-state index contributed by atoms with van der Waals surface area (Å²) in [4.78, 5) is 9.83. The van der Waals surface area contributed by atoms with Gasteiger partial charge in [-0.15, -0.1) is 0 Å². The average Bonchev–Trinajstić information content (AvgIpc) is 2.80. The highest BCUT2D eigenvalue weighted by atomic mass is 32.2. The van der Waals surface area contributed by atoms with E-state index < -0.39 is 0 Å². The van der Waals surface area contributed by atoms with Gasteiger partial charge in [0.2, 0.25) is 0 Å². The van der Waals surface area contributed by atoms with E-state index in [4.69, 9.17) is 0 Å². The molecule has 4 aromatic rings. The van der Waals surface area contributed by atoms with Crippen LogP contribution in [0.2, 0.25) is 0 Å². The molecular weight excluding hydrogens is 404 g/mol. The number of nitrogens with zero attached hydrogens (tertiary/aromatic N) is 2. The van der Waals surface area contributed by atoms with E-state index in [9.17, 15) is 0 Å². The first-order valence-corrected chi connectivity index (χ1v) is 11.5. The molecule has 0 N–H and O–H groups in total. The molecule has 0 saturated heterocycles. The Morgan fingerprint density at radius 1 is 0.400 bits per heavy atom. The van der Waals surface area contributed by atoms with Crippen LogP contribution in [-0.2, 0) is 0 Å². The monoisotopic (exact) mass is 426 g/mol. The van der Waals surface area contributed by atoms with Crippen LogP contribution in [0, 0.1) is 0 Å². The smallest absolute Gasteiger partial charge is 0.0550 e. The predicted octanol–water partition coefficient (Wildman–Crippen LogP) is 7.84. The summed E-state index contributed by atoms with van der Waals surface area (Å²) in [6.45, 7) is 0. The number of hydrogen-bond donors (Lipinski definition) is 0. The van der Waals surface area contributed by atoms with Crippen molar-refractivity contribution < 1.29 is 0 Å². The maximum atomic E-state index is 2.25. The van der Waals surface area contributed by atoms with Crippen LogP contribution in [0.25, 0.3) is 0 Å². The van der Waals surface area contributed by atoms with Crippen LogP contribution < -0.4 is 9.80 Å². The van der Waals surface area contributed by atoms with Gasteiger partial charge in [-0.2, -0.15) is 0 Å². The van der Waals surface area contributed by atoms with Gasteiger partial charge in [0.05, 0.1) is 22.7 Å². The molecule has 2 heterocycles. The van der Waals surface area contributed by atoms with Crippen molar-refractivity contribution in [1.29, 1.82) is 0 Å². The van der Waals surface area contributed by atoms with Gasteiger partial charge in [-0.3, -0.25) is 0 Å². The minimum Gasteiger partial charge on any atom is -0.343 e. The zero-order chi connectivity index (χ0) is 20.5. The zero-order valence-corrected chi connectivity index (χ0v) is 18.6. The minimum atomic E-state index is 1.29. The molecule has 2 aliphatic rings. The molecule has 0 aliphatic carbocycles. The van der Waals surface area contributed by atoms with E-state index in [1.54, 1.807) is 0 Å². The van der Waals surface area contributed by atoms with Gasteiger partial charge < -0.3 is 9.80 Å². The van der Waals surface area contributed by atoms with Crippen LogP contribution in [-0.4, -0.2) is 14.1 Å². The first kappa shape index (κ1) is 19.2. The number of benzene rings is 4. The molecule has 4 heteroatoms. The summed E-state index contributed by atoms with van der Waals surface area (Å²) in [5.74, 6) is 0. The summed E-state index contributed by atoms with van der Waals surface area (Å²) in [5.41, 5.74) is 5.17. The molecule has 0 amide bonds. The molecule has 0 spiro atoms. The third kappa shape index (κ3) is 3.47. The molecule has 30 heavy (non-hydrogen) atoms. The van der Waals surface area contributed by atoms with Gasteiger partial charge >= 0.3 is 0 Å². The number of rotatable bonds is 0. The van der Waals surface area contributed by atoms with Crippen molar-refractivity contribution in [1.82, 2.24) is 0 Å². The third-order valence-electron chi connectivity index (χ3n) is 5.35. The third-order valence-corrected chi connectivity index (χ3v) is 7.61. The molecule has 0 aromatic heterocycles. The van der Waals surface area contributed by atoms with Crippen molar-refractivity contribution in [2.45, 2.75) is 19.6 Å². The molecule has 0 bridgehead atoms. The molecule has 2 aliphatic heterocycles. The highest BCUT2D eigenvalue weighted by Crippen LogP contribution is 2.47. The Balaban J connectivity index is 0.000000128. The fourth-order valence-corrected chi connectivity index (χ4v) is 6.08. The number of fused-ring (bicyclic) bond motifs is 4. The molecule has 0 unspecified atom stereocenters. The van der Waals surface area contributed by atoms with Crippen molar-refractivity contribution in [3.05, 3.63) is 97.1 Å². The van der Waals surface area contributed by atoms with E-state index >= 15 is 0 Å². The Labute approximate surface area is 186 Å². The van der Waals surface area contributed by atoms with Gasteiger partial charge in [0.1, 0.15) is 0 Å². The van der Waals surface area contributed by atoms with E-state index in [0.717, 1.165) is 0 Å². The lowest BCUT2D eigenvalue weighted by molar-refractivity contribution is 1.11. The van der Waals surface area contributed by atoms with Crippen LogP contribution >= 0.6 is 23.5 Å². The van der Waals surface area contributed by atoms with Gasteiger partial charge in [0.25, 0.3) is 0 Å². The summed E-state index contributed by atoms with van der Waals surface area (Å²) in [6, 6.07) is 34.1. The molecule has 148 valence electrons. The van der Waals surface area contributed by atoms with Gasteiger partial charge in [0, 0.05) is 33.7 Å². The summed E-state index contributed by atoms with van der Waals surface area (Å²) in [7, 11) is 4.24. The standard InChI is InChI=1S/2C13H11NS/c2*1-14-10-6-2-4-8-12(10)15-13-9-5-3-7-11(13)14/h2*2-9H,1H3. The fraction of sp³-hybridized carbons (Fsp3) is 0.0769. The predicted molar refractivity (Wildman–Crippen MR) is 130 cm³/mol. The lowest BCUT2D eigenvalue weighted by atomic mass is 10.2. The van der Waals surface area contributed by atoms with Gasteiger partial charge in [0.15, 0.2) is 0 Å². The van der Waals surface area contributed by atoms with Crippen LogP contribution in [0.3, 0.4) is 0 Å². The maximum Gasteiger partial charge on any atom is 0.0550 e. The Hall–Kier alpha value is -2.82. The molecule has 4 aromatic carbocycles. The van der Waals surface area contributed by atoms with Gasteiger partial charge in [-0.1, -0.05) is 72.1 Å². The zero-order valence-electron chi connectivity index (χ0n) is 16.9. The highest BCUT2D eigenvalue weighted by molar-refractivity contribution is 8.00. The van der Waals surface area contributed by atoms with Crippen LogP contribution in [0.1, 0.15) is 0 Å². The van der Waals surface area contributed by atoms with Crippen molar-refractivity contribution >= 4 is 46.3 Å². The number of para-hydroxylation sites is 4. The van der Waals surface area contributed by atoms with E-state index in [2.05, 4.69) is 121 Å². The number of hydrogen-bond acceptors (Lipinski definition) is 4. The van der Waals surface area contributed by atoms with Crippen molar-refractivity contribution in [2.75, 3.05) is 23.9 Å². The molecular formula is C26H22N2S2. The Morgan fingerprint density at radius 2 is 0.633 bits per heavy atom. The van der Waals surface area contributed by atoms with Gasteiger partial charge in [-0.05, 0) is 48.5 Å². The van der Waals surface area contributed by atoms with Crippen molar-refractivity contribution in [3.8, 4) is 0 Å². The Morgan fingerprint density at radius 3 is 0.900 bits per heavy atom. The largest absolute Gasteiger partial charge is 0.343 e. The topological polar surface area (TPSA) is 6.48 Å². The molecule has 0 saturated carbocycles. The second-order valence-electron chi connectivity index (χ2n) is 7.19. The van der Waals surface area contributed by atoms with E-state index in [1.807, 2.05) is 23.5 Å². The maximum absolute atomic E-state index is 2.25. The fourth-order valence-electron chi connectivity index (χ4n) is 3.78. The summed E-state index contributed by atoms with van der Waals surface area (Å²) in [6.07, 6.45) is 0. The average molecular weight is 427 g/mol. The summed E-state index contributed by atoms with van der Waals surface area (Å²) in [5, 5.41) is 0. The second kappa shape index (κ2) is 8.13. The quantitative estimate of drug-likeness (QED) is 0.282. The van der Waals surface area contributed by atoms with Gasteiger partial charge in [-0.25, -0.2) is 0 Å². The normalized spacial score (nSPS) is 13.3. The van der Waals surface area contributed by atoms with Crippen LogP contribution in [0.5, 0.6) is 0 Å².